The number of halogens is 3. The zero-order chi connectivity index (χ0) is 16.5. The van der Waals surface area contributed by atoms with Crippen LogP contribution in [-0.2, 0) is 19.9 Å². The fourth-order valence-electron chi connectivity index (χ4n) is 3.32. The summed E-state index contributed by atoms with van der Waals surface area (Å²) in [6.07, 6.45) is -1.42. The number of carbonyl (C=O) groups is 1. The molecule has 2 atom stereocenters. The van der Waals surface area contributed by atoms with E-state index in [4.69, 9.17) is 9.47 Å². The lowest BCUT2D eigenvalue weighted by atomic mass is 9.97. The van der Waals surface area contributed by atoms with E-state index in [0.717, 1.165) is 43.4 Å². The monoisotopic (exact) mass is 348 g/mol. The van der Waals surface area contributed by atoms with Gasteiger partial charge in [-0.1, -0.05) is 12.5 Å². The smallest absolute Gasteiger partial charge is 0.422 e. The number of hydrogen-bond donors (Lipinski definition) is 0. The number of rotatable bonds is 3. The van der Waals surface area contributed by atoms with Crippen molar-refractivity contribution < 1.29 is 27.4 Å². The van der Waals surface area contributed by atoms with Crippen LogP contribution in [0.1, 0.15) is 49.8 Å². The van der Waals surface area contributed by atoms with Crippen molar-refractivity contribution in [2.24, 2.45) is 0 Å². The van der Waals surface area contributed by atoms with Gasteiger partial charge in [0, 0.05) is 4.88 Å². The van der Waals surface area contributed by atoms with Gasteiger partial charge in [-0.15, -0.1) is 11.3 Å². The highest BCUT2D eigenvalue weighted by Crippen LogP contribution is 2.52. The van der Waals surface area contributed by atoms with Crippen LogP contribution < -0.4 is 0 Å². The van der Waals surface area contributed by atoms with Gasteiger partial charge in [-0.2, -0.15) is 13.2 Å². The summed E-state index contributed by atoms with van der Waals surface area (Å²) in [5.41, 5.74) is -2.38. The minimum atomic E-state index is -4.56. The van der Waals surface area contributed by atoms with E-state index in [-0.39, 0.29) is 23.8 Å². The van der Waals surface area contributed by atoms with Crippen LogP contribution in [0.2, 0.25) is 0 Å². The fourth-order valence-corrected chi connectivity index (χ4v) is 4.24. The summed E-state index contributed by atoms with van der Waals surface area (Å²) in [5, 5.41) is 1.58. The highest BCUT2D eigenvalue weighted by Gasteiger charge is 2.62. The largest absolute Gasteiger partial charge is 0.460 e. The quantitative estimate of drug-likeness (QED) is 0.751. The maximum atomic E-state index is 13.6. The molecule has 2 fully saturated rings. The molecule has 1 saturated carbocycles. The average Bonchev–Trinajstić information content (AvgIpc) is 3.17. The van der Waals surface area contributed by atoms with Gasteiger partial charge in [0.2, 0.25) is 0 Å². The molecule has 1 aromatic rings. The molecule has 1 aromatic heterocycles. The molecule has 0 aromatic carbocycles. The van der Waals surface area contributed by atoms with E-state index >= 15 is 0 Å². The van der Waals surface area contributed by atoms with Gasteiger partial charge in [0.15, 0.2) is 11.7 Å². The Hall–Kier alpha value is -1.08. The number of hydrogen-bond acceptors (Lipinski definition) is 4. The minimum Gasteiger partial charge on any atom is -0.460 e. The highest BCUT2D eigenvalue weighted by molar-refractivity contribution is 7.10. The first-order valence-corrected chi connectivity index (χ1v) is 8.79. The lowest BCUT2D eigenvalue weighted by molar-refractivity contribution is -0.277. The van der Waals surface area contributed by atoms with Crippen molar-refractivity contribution in [3.63, 3.8) is 0 Å². The maximum Gasteiger partial charge on any atom is 0.422 e. The van der Waals surface area contributed by atoms with Crippen LogP contribution in [0.3, 0.4) is 0 Å². The topological polar surface area (TPSA) is 35.5 Å². The number of carbonyl (C=O) groups excluding carboxylic acids is 1. The van der Waals surface area contributed by atoms with E-state index in [1.807, 2.05) is 0 Å². The van der Waals surface area contributed by atoms with Crippen LogP contribution in [0.4, 0.5) is 13.2 Å². The van der Waals surface area contributed by atoms with Crippen LogP contribution in [0.25, 0.3) is 0 Å². The molecule has 7 heteroatoms. The summed E-state index contributed by atoms with van der Waals surface area (Å²) in [6.45, 7) is 0. The third kappa shape index (κ3) is 3.26. The van der Waals surface area contributed by atoms with Gasteiger partial charge in [0.25, 0.3) is 0 Å². The van der Waals surface area contributed by atoms with Crippen LogP contribution in [0.15, 0.2) is 17.5 Å². The first kappa shape index (κ1) is 16.8. The Bertz CT molecular complexity index is 537. The van der Waals surface area contributed by atoms with Gasteiger partial charge in [0.1, 0.15) is 6.10 Å². The zero-order valence-corrected chi connectivity index (χ0v) is 13.4. The number of alkyl halides is 3. The molecular formula is C16H19F3O3S. The van der Waals surface area contributed by atoms with Crippen molar-refractivity contribution in [3.05, 3.63) is 22.4 Å². The Kier molecular flexibility index (Phi) is 4.69. The molecule has 1 saturated heterocycles. The van der Waals surface area contributed by atoms with Gasteiger partial charge in [0.05, 0.1) is 0 Å². The molecule has 1 aliphatic carbocycles. The Morgan fingerprint density at radius 3 is 2.61 bits per heavy atom. The Morgan fingerprint density at radius 1 is 1.26 bits per heavy atom. The summed E-state index contributed by atoms with van der Waals surface area (Å²) in [6, 6.07) is 2.97. The third-order valence-electron chi connectivity index (χ3n) is 4.58. The van der Waals surface area contributed by atoms with Crippen molar-refractivity contribution in [1.82, 2.24) is 0 Å². The summed E-state index contributed by atoms with van der Waals surface area (Å²) in [4.78, 5) is 12.3. The number of esters is 1. The van der Waals surface area contributed by atoms with Gasteiger partial charge in [-0.05, 0) is 50.0 Å². The van der Waals surface area contributed by atoms with Crippen molar-refractivity contribution in [2.75, 3.05) is 0 Å². The van der Waals surface area contributed by atoms with Gasteiger partial charge >= 0.3 is 12.1 Å². The van der Waals surface area contributed by atoms with Crippen LogP contribution in [0.5, 0.6) is 0 Å². The molecule has 1 aliphatic heterocycles. The van der Waals surface area contributed by atoms with Gasteiger partial charge in [-0.3, -0.25) is 0 Å². The van der Waals surface area contributed by atoms with E-state index in [1.165, 1.54) is 6.07 Å². The molecule has 0 radical (unpaired) electrons. The highest BCUT2D eigenvalue weighted by atomic mass is 32.1. The van der Waals surface area contributed by atoms with Gasteiger partial charge < -0.3 is 9.47 Å². The van der Waals surface area contributed by atoms with E-state index in [2.05, 4.69) is 0 Å². The predicted molar refractivity (Wildman–Crippen MR) is 79.1 cm³/mol. The molecule has 0 bridgehead atoms. The molecule has 0 N–H and O–H groups in total. The van der Waals surface area contributed by atoms with Crippen LogP contribution in [-0.4, -0.2) is 24.4 Å². The van der Waals surface area contributed by atoms with E-state index in [9.17, 15) is 18.0 Å². The lowest BCUT2D eigenvalue weighted by Crippen LogP contribution is -2.43. The second-order valence-corrected chi connectivity index (χ2v) is 7.09. The Balaban J connectivity index is 1.71. The molecular weight excluding hydrogens is 329 g/mol. The molecule has 0 spiro atoms. The van der Waals surface area contributed by atoms with Gasteiger partial charge in [-0.25, -0.2) is 4.79 Å². The fraction of sp³-hybridized carbons (Fsp3) is 0.688. The van der Waals surface area contributed by atoms with Crippen LogP contribution in [0, 0.1) is 0 Å². The standard InChI is InChI=1S/C16H19F3O3S/c17-16(18,19)15(13-7-4-10-23-13)9-8-12(22-15)14(20)21-11-5-2-1-3-6-11/h4,7,10-12H,1-3,5-6,8-9H2/t12-,15-/m0/s1. The Morgan fingerprint density at radius 2 is 2.00 bits per heavy atom. The minimum absolute atomic E-state index is 0.0307. The first-order valence-electron chi connectivity index (χ1n) is 7.91. The van der Waals surface area contributed by atoms with E-state index in [1.54, 1.807) is 11.4 Å². The normalized spacial score (nSPS) is 29.6. The third-order valence-corrected chi connectivity index (χ3v) is 5.59. The second kappa shape index (κ2) is 6.43. The molecule has 2 aliphatic rings. The van der Waals surface area contributed by atoms with Crippen LogP contribution >= 0.6 is 11.3 Å². The van der Waals surface area contributed by atoms with Crippen molar-refractivity contribution >= 4 is 17.3 Å². The molecule has 3 nitrogen and oxygen atoms in total. The molecule has 3 rings (SSSR count). The lowest BCUT2D eigenvalue weighted by Gasteiger charge is -2.31. The molecule has 0 unspecified atom stereocenters. The number of thiophene rings is 1. The molecule has 128 valence electrons. The summed E-state index contributed by atoms with van der Waals surface area (Å²) in [7, 11) is 0. The summed E-state index contributed by atoms with van der Waals surface area (Å²) >= 11 is 0.998. The summed E-state index contributed by atoms with van der Waals surface area (Å²) in [5.74, 6) is -0.653. The van der Waals surface area contributed by atoms with Crippen molar-refractivity contribution in [2.45, 2.75) is 68.9 Å². The maximum absolute atomic E-state index is 13.6. The number of ether oxygens (including phenoxy) is 2. The predicted octanol–water partition coefficient (Wildman–Crippen LogP) is 4.56. The molecule has 23 heavy (non-hydrogen) atoms. The molecule has 2 heterocycles. The zero-order valence-electron chi connectivity index (χ0n) is 12.6. The second-order valence-electron chi connectivity index (χ2n) is 6.14. The van der Waals surface area contributed by atoms with E-state index < -0.39 is 23.9 Å². The first-order chi connectivity index (χ1) is 10.9. The van der Waals surface area contributed by atoms with E-state index in [0.29, 0.717) is 0 Å². The SMILES string of the molecule is O=C(OC1CCCCC1)[C@@H]1CC[C@](c2cccs2)(C(F)(F)F)O1. The average molecular weight is 348 g/mol. The molecule has 0 amide bonds. The van der Waals surface area contributed by atoms with Crippen molar-refractivity contribution in [3.8, 4) is 0 Å². The summed E-state index contributed by atoms with van der Waals surface area (Å²) < 4.78 is 51.5. The van der Waals surface area contributed by atoms with Crippen molar-refractivity contribution in [1.29, 1.82) is 0 Å². The Labute approximate surface area is 136 Å².